The Bertz CT molecular complexity index is 392. The highest BCUT2D eigenvalue weighted by Crippen LogP contribution is 2.22. The van der Waals surface area contributed by atoms with Gasteiger partial charge in [0, 0.05) is 13.1 Å². The highest BCUT2D eigenvalue weighted by molar-refractivity contribution is 9.10. The number of H-pyrrole nitrogens is 1. The molecule has 2 N–H and O–H groups in total. The van der Waals surface area contributed by atoms with Gasteiger partial charge in [0.2, 0.25) is 0 Å². The second kappa shape index (κ2) is 3.70. The minimum atomic E-state index is -0.317. The average Bonchev–Trinajstić information content (AvgIpc) is 2.57. The summed E-state index contributed by atoms with van der Waals surface area (Å²) in [6.45, 7) is 1.27. The van der Waals surface area contributed by atoms with Crippen molar-refractivity contribution in [2.75, 3.05) is 18.0 Å². The van der Waals surface area contributed by atoms with Gasteiger partial charge in [-0.25, -0.2) is 4.98 Å². The van der Waals surface area contributed by atoms with Crippen molar-refractivity contribution >= 4 is 21.7 Å². The molecule has 0 aromatic carbocycles. The first-order chi connectivity index (χ1) is 6.68. The van der Waals surface area contributed by atoms with E-state index in [0.29, 0.717) is 16.8 Å². The zero-order valence-electron chi connectivity index (χ0n) is 7.40. The van der Waals surface area contributed by atoms with Crippen molar-refractivity contribution in [2.45, 2.75) is 12.5 Å². The maximum absolute atomic E-state index is 11.2. The summed E-state index contributed by atoms with van der Waals surface area (Å²) < 4.78 is 0.425. The fourth-order valence-corrected chi connectivity index (χ4v) is 2.00. The van der Waals surface area contributed by atoms with Gasteiger partial charge in [0.15, 0.2) is 0 Å². The Labute approximate surface area is 88.9 Å². The predicted molar refractivity (Wildman–Crippen MR) is 55.4 cm³/mol. The third kappa shape index (κ3) is 1.67. The number of halogens is 1. The Morgan fingerprint density at radius 3 is 3.14 bits per heavy atom. The summed E-state index contributed by atoms with van der Waals surface area (Å²) >= 11 is 3.18. The molecule has 0 bridgehead atoms. The number of aliphatic hydroxyl groups is 1. The van der Waals surface area contributed by atoms with Crippen molar-refractivity contribution in [2.24, 2.45) is 0 Å². The van der Waals surface area contributed by atoms with Crippen molar-refractivity contribution in [3.8, 4) is 0 Å². The summed E-state index contributed by atoms with van der Waals surface area (Å²) in [4.78, 5) is 19.7. The van der Waals surface area contributed by atoms with Crippen LogP contribution in [0, 0.1) is 0 Å². The molecule has 0 saturated carbocycles. The van der Waals surface area contributed by atoms with E-state index in [4.69, 9.17) is 0 Å². The number of rotatable bonds is 1. The van der Waals surface area contributed by atoms with Gasteiger partial charge in [0.25, 0.3) is 5.56 Å². The molecule has 6 heteroatoms. The van der Waals surface area contributed by atoms with Crippen LogP contribution in [0.3, 0.4) is 0 Å². The van der Waals surface area contributed by atoms with E-state index in [0.717, 1.165) is 13.0 Å². The van der Waals surface area contributed by atoms with E-state index in [2.05, 4.69) is 25.9 Å². The molecule has 1 aromatic heterocycles. The van der Waals surface area contributed by atoms with Crippen molar-refractivity contribution < 1.29 is 5.11 Å². The van der Waals surface area contributed by atoms with Crippen molar-refractivity contribution in [3.05, 3.63) is 21.2 Å². The zero-order chi connectivity index (χ0) is 10.1. The molecule has 5 nitrogen and oxygen atoms in total. The summed E-state index contributed by atoms with van der Waals surface area (Å²) in [6, 6.07) is 0. The van der Waals surface area contributed by atoms with Crippen LogP contribution in [0.1, 0.15) is 6.42 Å². The molecule has 0 aliphatic carbocycles. The van der Waals surface area contributed by atoms with E-state index in [9.17, 15) is 9.90 Å². The standard InChI is InChI=1S/C8H10BrN3O2/c9-6-7(10-4-11-8(6)14)12-2-1-5(13)3-12/h4-5,13H,1-3H2,(H,10,11,14)/t5-/m0/s1. The summed E-state index contributed by atoms with van der Waals surface area (Å²) in [5, 5.41) is 9.35. The Balaban J connectivity index is 2.33. The first-order valence-electron chi connectivity index (χ1n) is 4.34. The molecule has 14 heavy (non-hydrogen) atoms. The number of β-amino-alcohol motifs (C(OH)–C–C–N with tert-alkyl or cyclic N) is 1. The van der Waals surface area contributed by atoms with Crippen LogP contribution in [-0.4, -0.2) is 34.3 Å². The fraction of sp³-hybridized carbons (Fsp3) is 0.500. The minimum absolute atomic E-state index is 0.198. The van der Waals surface area contributed by atoms with Gasteiger partial charge in [-0.1, -0.05) is 0 Å². The molecule has 1 aliphatic heterocycles. The number of aromatic nitrogens is 2. The van der Waals surface area contributed by atoms with Crippen LogP contribution in [0.25, 0.3) is 0 Å². The number of nitrogens with zero attached hydrogens (tertiary/aromatic N) is 2. The molecular formula is C8H10BrN3O2. The summed E-state index contributed by atoms with van der Waals surface area (Å²) in [7, 11) is 0. The highest BCUT2D eigenvalue weighted by Gasteiger charge is 2.23. The fourth-order valence-electron chi connectivity index (χ4n) is 1.53. The quantitative estimate of drug-likeness (QED) is 0.751. The van der Waals surface area contributed by atoms with Crippen molar-refractivity contribution in [3.63, 3.8) is 0 Å². The zero-order valence-corrected chi connectivity index (χ0v) is 8.99. The molecule has 0 unspecified atom stereocenters. The third-order valence-electron chi connectivity index (χ3n) is 2.24. The van der Waals surface area contributed by atoms with E-state index in [1.807, 2.05) is 4.90 Å². The Morgan fingerprint density at radius 1 is 1.71 bits per heavy atom. The van der Waals surface area contributed by atoms with E-state index in [1.54, 1.807) is 0 Å². The molecular weight excluding hydrogens is 250 g/mol. The van der Waals surface area contributed by atoms with Gasteiger partial charge < -0.3 is 15.0 Å². The van der Waals surface area contributed by atoms with E-state index < -0.39 is 0 Å². The second-order valence-corrected chi connectivity index (χ2v) is 4.05. The average molecular weight is 260 g/mol. The highest BCUT2D eigenvalue weighted by atomic mass is 79.9. The maximum atomic E-state index is 11.2. The normalized spacial score (nSPS) is 21.6. The van der Waals surface area contributed by atoms with E-state index in [-0.39, 0.29) is 11.7 Å². The lowest BCUT2D eigenvalue weighted by Crippen LogP contribution is -2.25. The maximum Gasteiger partial charge on any atom is 0.267 e. The Morgan fingerprint density at radius 2 is 2.50 bits per heavy atom. The van der Waals surface area contributed by atoms with Gasteiger partial charge >= 0.3 is 0 Å². The molecule has 76 valence electrons. The van der Waals surface area contributed by atoms with Crippen LogP contribution in [0.2, 0.25) is 0 Å². The van der Waals surface area contributed by atoms with Crippen LogP contribution >= 0.6 is 15.9 Å². The largest absolute Gasteiger partial charge is 0.391 e. The predicted octanol–water partition coefficient (Wildman–Crippen LogP) is 0.103. The van der Waals surface area contributed by atoms with Crippen LogP contribution in [-0.2, 0) is 0 Å². The molecule has 2 heterocycles. The van der Waals surface area contributed by atoms with E-state index >= 15 is 0 Å². The molecule has 0 amide bonds. The Kier molecular flexibility index (Phi) is 2.56. The topological polar surface area (TPSA) is 69.2 Å². The van der Waals surface area contributed by atoms with Gasteiger partial charge in [-0.15, -0.1) is 0 Å². The molecule has 1 aliphatic rings. The van der Waals surface area contributed by atoms with Crippen molar-refractivity contribution in [1.29, 1.82) is 0 Å². The monoisotopic (exact) mass is 259 g/mol. The number of hydrogen-bond donors (Lipinski definition) is 2. The summed E-state index contributed by atoms with van der Waals surface area (Å²) in [5.41, 5.74) is -0.198. The molecule has 1 fully saturated rings. The molecule has 0 radical (unpaired) electrons. The minimum Gasteiger partial charge on any atom is -0.391 e. The lowest BCUT2D eigenvalue weighted by atomic mass is 10.3. The van der Waals surface area contributed by atoms with Gasteiger partial charge in [0.05, 0.1) is 12.4 Å². The van der Waals surface area contributed by atoms with Crippen LogP contribution in [0.15, 0.2) is 15.6 Å². The first-order valence-corrected chi connectivity index (χ1v) is 5.14. The molecule has 1 atom stereocenters. The SMILES string of the molecule is O=c1[nH]cnc(N2CC[C@H](O)C2)c1Br. The number of aromatic amines is 1. The molecule has 1 saturated heterocycles. The molecule has 0 spiro atoms. The van der Waals surface area contributed by atoms with Gasteiger partial charge in [-0.3, -0.25) is 4.79 Å². The number of aliphatic hydroxyl groups excluding tert-OH is 1. The van der Waals surface area contributed by atoms with Crippen LogP contribution in [0.4, 0.5) is 5.82 Å². The first kappa shape index (κ1) is 9.67. The summed E-state index contributed by atoms with van der Waals surface area (Å²) in [5.74, 6) is 0.602. The van der Waals surface area contributed by atoms with E-state index in [1.165, 1.54) is 6.33 Å². The van der Waals surface area contributed by atoms with Crippen molar-refractivity contribution in [1.82, 2.24) is 9.97 Å². The smallest absolute Gasteiger partial charge is 0.267 e. The van der Waals surface area contributed by atoms with Crippen LogP contribution < -0.4 is 10.5 Å². The number of hydrogen-bond acceptors (Lipinski definition) is 4. The number of anilines is 1. The van der Waals surface area contributed by atoms with Gasteiger partial charge in [0.1, 0.15) is 10.3 Å². The number of nitrogens with one attached hydrogen (secondary N) is 1. The third-order valence-corrected chi connectivity index (χ3v) is 2.96. The lowest BCUT2D eigenvalue weighted by Gasteiger charge is -2.16. The lowest BCUT2D eigenvalue weighted by molar-refractivity contribution is 0.198. The molecule has 2 rings (SSSR count). The van der Waals surface area contributed by atoms with Gasteiger partial charge in [-0.05, 0) is 22.4 Å². The van der Waals surface area contributed by atoms with Gasteiger partial charge in [-0.2, -0.15) is 0 Å². The Hall–Kier alpha value is -0.880. The summed E-state index contributed by atoms with van der Waals surface area (Å²) in [6.07, 6.45) is 1.77. The molecule has 1 aromatic rings. The second-order valence-electron chi connectivity index (χ2n) is 3.26. The van der Waals surface area contributed by atoms with Crippen LogP contribution in [0.5, 0.6) is 0 Å².